The lowest BCUT2D eigenvalue weighted by Crippen LogP contribution is -2.33. The van der Waals surface area contributed by atoms with E-state index in [1.807, 2.05) is 22.6 Å². The van der Waals surface area contributed by atoms with Gasteiger partial charge in [0, 0.05) is 23.6 Å². The van der Waals surface area contributed by atoms with Crippen LogP contribution in [-0.4, -0.2) is 38.5 Å². The molecule has 0 heterocycles. The minimum Gasteiger partial charge on any atom is -0.478 e. The van der Waals surface area contributed by atoms with Crippen molar-refractivity contribution < 1.29 is 23.1 Å². The number of carbonyl (C=O) groups excluding carboxylic acids is 1. The second-order valence-corrected chi connectivity index (χ2v) is 6.76. The monoisotopic (exact) mass is 412 g/mol. The maximum absolute atomic E-state index is 11.9. The minimum absolute atomic E-state index is 0.0241. The number of amides is 1. The highest BCUT2D eigenvalue weighted by atomic mass is 127. The molecule has 0 saturated heterocycles. The van der Waals surface area contributed by atoms with E-state index in [2.05, 4.69) is 10.0 Å². The largest absolute Gasteiger partial charge is 0.478 e. The van der Waals surface area contributed by atoms with Gasteiger partial charge in [-0.15, -0.1) is 0 Å². The number of carboxylic acid groups (broad SMARTS) is 1. The van der Waals surface area contributed by atoms with E-state index in [4.69, 9.17) is 5.11 Å². The van der Waals surface area contributed by atoms with Gasteiger partial charge in [-0.25, -0.2) is 17.9 Å². The molecule has 1 aromatic carbocycles. The number of benzene rings is 1. The fraction of sp³-hybridized carbons (Fsp3) is 0.273. The molecule has 0 aliphatic rings. The molecule has 0 aliphatic carbocycles. The normalized spacial score (nSPS) is 11.1. The summed E-state index contributed by atoms with van der Waals surface area (Å²) >= 11 is 1.82. The molecular weight excluding hydrogens is 399 g/mol. The van der Waals surface area contributed by atoms with Crippen LogP contribution in [0, 0.1) is 3.57 Å². The molecule has 1 aromatic rings. The number of carbonyl (C=O) groups is 2. The number of hydrogen-bond acceptors (Lipinski definition) is 4. The Morgan fingerprint density at radius 3 is 2.50 bits per heavy atom. The number of aromatic carboxylic acids is 1. The fourth-order valence-electron chi connectivity index (χ4n) is 1.34. The maximum Gasteiger partial charge on any atom is 0.336 e. The number of carboxylic acids is 1. The molecule has 0 fully saturated rings. The van der Waals surface area contributed by atoms with Gasteiger partial charge >= 0.3 is 5.97 Å². The predicted molar refractivity (Wildman–Crippen MR) is 80.0 cm³/mol. The minimum atomic E-state index is -3.80. The Hall–Kier alpha value is -1.20. The van der Waals surface area contributed by atoms with E-state index >= 15 is 0 Å². The van der Waals surface area contributed by atoms with Crippen LogP contribution in [-0.2, 0) is 14.8 Å². The Kier molecular flexibility index (Phi) is 5.89. The Morgan fingerprint density at radius 1 is 1.30 bits per heavy atom. The summed E-state index contributed by atoms with van der Waals surface area (Å²) in [7, 11) is -3.80. The van der Waals surface area contributed by atoms with Crippen molar-refractivity contribution in [2.24, 2.45) is 0 Å². The van der Waals surface area contributed by atoms with E-state index in [0.717, 1.165) is 6.07 Å². The van der Waals surface area contributed by atoms with Crippen LogP contribution in [0.25, 0.3) is 0 Å². The number of nitrogens with one attached hydrogen (secondary N) is 2. The highest BCUT2D eigenvalue weighted by Crippen LogP contribution is 2.17. The van der Waals surface area contributed by atoms with Crippen LogP contribution in [0.15, 0.2) is 23.1 Å². The maximum atomic E-state index is 11.9. The van der Waals surface area contributed by atoms with Crippen LogP contribution in [0.2, 0.25) is 0 Å². The first-order valence-corrected chi connectivity index (χ1v) is 8.07. The topological polar surface area (TPSA) is 113 Å². The average Bonchev–Trinajstić information content (AvgIpc) is 2.34. The van der Waals surface area contributed by atoms with Gasteiger partial charge in [0.05, 0.1) is 10.5 Å². The van der Waals surface area contributed by atoms with Crippen molar-refractivity contribution in [1.82, 2.24) is 10.0 Å². The molecule has 0 bridgehead atoms. The van der Waals surface area contributed by atoms with Crippen molar-refractivity contribution in [3.63, 3.8) is 0 Å². The molecule has 110 valence electrons. The van der Waals surface area contributed by atoms with Crippen LogP contribution in [0.4, 0.5) is 0 Å². The van der Waals surface area contributed by atoms with Crippen molar-refractivity contribution in [1.29, 1.82) is 0 Å². The number of sulfonamides is 1. The summed E-state index contributed by atoms with van der Waals surface area (Å²) < 4.78 is 26.6. The number of halogens is 1. The molecule has 0 radical (unpaired) electrons. The molecule has 7 nitrogen and oxygen atoms in total. The van der Waals surface area contributed by atoms with E-state index in [0.29, 0.717) is 3.57 Å². The highest BCUT2D eigenvalue weighted by molar-refractivity contribution is 14.1. The Labute approximate surface area is 129 Å². The smallest absolute Gasteiger partial charge is 0.336 e. The molecule has 1 rings (SSSR count). The van der Waals surface area contributed by atoms with Crippen LogP contribution in [0.1, 0.15) is 17.3 Å². The van der Waals surface area contributed by atoms with E-state index in [1.165, 1.54) is 19.1 Å². The van der Waals surface area contributed by atoms with Crippen molar-refractivity contribution >= 4 is 44.5 Å². The van der Waals surface area contributed by atoms with E-state index in [9.17, 15) is 18.0 Å². The summed E-state index contributed by atoms with van der Waals surface area (Å²) in [6, 6.07) is 3.85. The Morgan fingerprint density at radius 2 is 1.95 bits per heavy atom. The third kappa shape index (κ3) is 4.72. The zero-order valence-corrected chi connectivity index (χ0v) is 13.5. The summed E-state index contributed by atoms with van der Waals surface area (Å²) in [5, 5.41) is 11.4. The molecule has 0 atom stereocenters. The molecule has 3 N–H and O–H groups in total. The van der Waals surface area contributed by atoms with Gasteiger partial charge in [-0.2, -0.15) is 0 Å². The lowest BCUT2D eigenvalue weighted by atomic mass is 10.2. The third-order valence-corrected chi connectivity index (χ3v) is 4.67. The lowest BCUT2D eigenvalue weighted by molar-refractivity contribution is -0.118. The van der Waals surface area contributed by atoms with E-state index < -0.39 is 16.0 Å². The summed E-state index contributed by atoms with van der Waals surface area (Å²) in [4.78, 5) is 21.5. The highest BCUT2D eigenvalue weighted by Gasteiger charge is 2.17. The van der Waals surface area contributed by atoms with Gasteiger partial charge < -0.3 is 10.4 Å². The van der Waals surface area contributed by atoms with Gasteiger partial charge in [-0.05, 0) is 40.8 Å². The fourth-order valence-corrected chi connectivity index (χ4v) is 2.97. The van der Waals surface area contributed by atoms with Gasteiger partial charge in [0.25, 0.3) is 0 Å². The predicted octanol–water partition coefficient (Wildman–Crippen LogP) is 0.404. The first kappa shape index (κ1) is 16.9. The van der Waals surface area contributed by atoms with Crippen LogP contribution in [0.5, 0.6) is 0 Å². The lowest BCUT2D eigenvalue weighted by Gasteiger charge is -2.08. The van der Waals surface area contributed by atoms with Crippen LogP contribution < -0.4 is 10.0 Å². The second-order valence-electron chi connectivity index (χ2n) is 3.83. The quantitative estimate of drug-likeness (QED) is 0.463. The van der Waals surface area contributed by atoms with Crippen molar-refractivity contribution in [2.45, 2.75) is 11.8 Å². The van der Waals surface area contributed by atoms with Crippen molar-refractivity contribution in [3.8, 4) is 0 Å². The second kappa shape index (κ2) is 6.99. The molecule has 0 spiro atoms. The third-order valence-electron chi connectivity index (χ3n) is 2.27. The van der Waals surface area contributed by atoms with Crippen LogP contribution >= 0.6 is 22.6 Å². The first-order chi connectivity index (χ1) is 9.24. The Bertz CT molecular complexity index is 630. The van der Waals surface area contributed by atoms with Gasteiger partial charge in [0.1, 0.15) is 0 Å². The number of hydrogen-bond donors (Lipinski definition) is 3. The van der Waals surface area contributed by atoms with Gasteiger partial charge in [-0.1, -0.05) is 0 Å². The van der Waals surface area contributed by atoms with E-state index in [1.54, 1.807) is 0 Å². The zero-order chi connectivity index (χ0) is 15.3. The average molecular weight is 412 g/mol. The molecule has 9 heteroatoms. The molecule has 0 unspecified atom stereocenters. The van der Waals surface area contributed by atoms with Gasteiger partial charge in [0.2, 0.25) is 15.9 Å². The molecule has 0 aromatic heterocycles. The molecule has 0 saturated carbocycles. The van der Waals surface area contributed by atoms with Crippen molar-refractivity contribution in [3.05, 3.63) is 27.3 Å². The summed E-state index contributed by atoms with van der Waals surface area (Å²) in [5.74, 6) is -1.45. The zero-order valence-electron chi connectivity index (χ0n) is 10.5. The van der Waals surface area contributed by atoms with Gasteiger partial charge in [0.15, 0.2) is 0 Å². The SMILES string of the molecule is CC(=O)NCCNS(=O)(=O)c1ccc(I)c(C(=O)O)c1. The molecule has 20 heavy (non-hydrogen) atoms. The van der Waals surface area contributed by atoms with E-state index in [-0.39, 0.29) is 29.5 Å². The molecule has 1 amide bonds. The summed E-state index contributed by atoms with van der Waals surface area (Å²) in [6.45, 7) is 1.51. The van der Waals surface area contributed by atoms with Crippen molar-refractivity contribution in [2.75, 3.05) is 13.1 Å². The first-order valence-electron chi connectivity index (χ1n) is 5.51. The molecular formula is C11H13IN2O5S. The number of rotatable bonds is 6. The standard InChI is InChI=1S/C11H13IN2O5S/c1-7(15)13-4-5-14-20(18,19)8-2-3-10(12)9(6-8)11(16)17/h2-3,6,14H,4-5H2,1H3,(H,13,15)(H,16,17). The van der Waals surface area contributed by atoms with Crippen LogP contribution in [0.3, 0.4) is 0 Å². The van der Waals surface area contributed by atoms with Gasteiger partial charge in [-0.3, -0.25) is 4.79 Å². The Balaban J connectivity index is 2.85. The molecule has 0 aliphatic heterocycles. The summed E-state index contributed by atoms with van der Waals surface area (Å²) in [5.41, 5.74) is -0.0738. The summed E-state index contributed by atoms with van der Waals surface area (Å²) in [6.07, 6.45) is 0.